The van der Waals surface area contributed by atoms with Crippen LogP contribution in [0.3, 0.4) is 0 Å². The van der Waals surface area contributed by atoms with Crippen molar-refractivity contribution in [3.05, 3.63) is 69.3 Å². The van der Waals surface area contributed by atoms with Crippen molar-refractivity contribution in [3.8, 4) is 17.1 Å². The van der Waals surface area contributed by atoms with Gasteiger partial charge in [0.1, 0.15) is 5.76 Å². The highest BCUT2D eigenvalue weighted by Gasteiger charge is 2.18. The van der Waals surface area contributed by atoms with Crippen molar-refractivity contribution in [1.82, 2.24) is 0 Å². The first-order valence-electron chi connectivity index (χ1n) is 7.67. The van der Waals surface area contributed by atoms with Gasteiger partial charge in [-0.3, -0.25) is 4.79 Å². The Morgan fingerprint density at radius 2 is 1.85 bits per heavy atom. The molecule has 3 aromatic rings. The molecule has 8 heteroatoms. The average molecular weight is 451 g/mol. The van der Waals surface area contributed by atoms with Crippen molar-refractivity contribution in [2.75, 3.05) is 12.4 Å². The molecule has 27 heavy (non-hydrogen) atoms. The summed E-state index contributed by atoms with van der Waals surface area (Å²) in [5, 5.41) is 11.8. The van der Waals surface area contributed by atoms with Crippen LogP contribution in [0.2, 0.25) is 5.02 Å². The van der Waals surface area contributed by atoms with Gasteiger partial charge < -0.3 is 19.6 Å². The summed E-state index contributed by atoms with van der Waals surface area (Å²) in [5.74, 6) is -0.987. The van der Waals surface area contributed by atoms with Gasteiger partial charge in [0.2, 0.25) is 0 Å². The van der Waals surface area contributed by atoms with Gasteiger partial charge >= 0.3 is 5.97 Å². The number of hydrogen-bond donors (Lipinski definition) is 2. The van der Waals surface area contributed by atoms with E-state index < -0.39 is 11.9 Å². The predicted molar refractivity (Wildman–Crippen MR) is 105 cm³/mol. The van der Waals surface area contributed by atoms with Crippen LogP contribution in [0.1, 0.15) is 20.9 Å². The van der Waals surface area contributed by atoms with E-state index in [4.69, 9.17) is 25.9 Å². The predicted octanol–water partition coefficient (Wildman–Crippen LogP) is 5.32. The average Bonchev–Trinajstić information content (AvgIpc) is 3.12. The number of anilines is 1. The summed E-state index contributed by atoms with van der Waals surface area (Å²) in [4.78, 5) is 23.7. The van der Waals surface area contributed by atoms with E-state index >= 15 is 0 Å². The Bertz CT molecular complexity index is 1010. The van der Waals surface area contributed by atoms with E-state index in [1.54, 1.807) is 6.07 Å². The lowest BCUT2D eigenvalue weighted by molar-refractivity contribution is 0.0696. The Kier molecular flexibility index (Phi) is 5.53. The van der Waals surface area contributed by atoms with Crippen LogP contribution in [0.15, 0.2) is 57.4 Å². The molecule has 0 saturated heterocycles. The number of benzene rings is 2. The number of rotatable bonds is 5. The first-order chi connectivity index (χ1) is 12.9. The van der Waals surface area contributed by atoms with Crippen LogP contribution in [0.5, 0.6) is 5.75 Å². The molecule has 1 heterocycles. The number of methoxy groups -OCH3 is 1. The molecule has 138 valence electrons. The molecule has 3 rings (SSSR count). The van der Waals surface area contributed by atoms with Crippen LogP contribution < -0.4 is 10.1 Å². The molecule has 0 spiro atoms. The maximum absolute atomic E-state index is 12.5. The minimum Gasteiger partial charge on any atom is -0.493 e. The summed E-state index contributed by atoms with van der Waals surface area (Å²) >= 11 is 9.40. The maximum atomic E-state index is 12.5. The molecule has 2 aromatic carbocycles. The van der Waals surface area contributed by atoms with Crippen molar-refractivity contribution >= 4 is 45.1 Å². The van der Waals surface area contributed by atoms with Crippen molar-refractivity contribution in [1.29, 1.82) is 0 Å². The zero-order valence-electron chi connectivity index (χ0n) is 14.0. The normalized spacial score (nSPS) is 10.5. The minimum absolute atomic E-state index is 0.0619. The van der Waals surface area contributed by atoms with E-state index in [-0.39, 0.29) is 27.8 Å². The maximum Gasteiger partial charge on any atom is 0.335 e. The summed E-state index contributed by atoms with van der Waals surface area (Å²) < 4.78 is 11.7. The lowest BCUT2D eigenvalue weighted by Gasteiger charge is -2.12. The minimum atomic E-state index is -1.18. The Balaban J connectivity index is 1.88. The van der Waals surface area contributed by atoms with E-state index in [2.05, 4.69) is 21.2 Å². The number of carbonyl (C=O) groups excluding carboxylic acids is 1. The summed E-state index contributed by atoms with van der Waals surface area (Å²) in [6.45, 7) is 0. The Hall–Kier alpha value is -2.77. The molecule has 0 aliphatic carbocycles. The molecule has 0 unspecified atom stereocenters. The lowest BCUT2D eigenvalue weighted by Crippen LogP contribution is -2.13. The zero-order chi connectivity index (χ0) is 19.6. The number of amides is 1. The Morgan fingerprint density at radius 1 is 1.15 bits per heavy atom. The van der Waals surface area contributed by atoms with Crippen LogP contribution in [0.25, 0.3) is 11.3 Å². The molecule has 0 saturated carbocycles. The first kappa shape index (κ1) is 19.0. The number of carboxylic acids is 1. The van der Waals surface area contributed by atoms with Gasteiger partial charge in [-0.05, 0) is 36.4 Å². The SMILES string of the molecule is COc1c(Cl)cc(C(=O)O)cc1NC(=O)c1ccc(-c2ccc(Br)cc2)o1. The van der Waals surface area contributed by atoms with Crippen LogP contribution >= 0.6 is 27.5 Å². The summed E-state index contributed by atoms with van der Waals surface area (Å²) in [6, 6.07) is 13.1. The van der Waals surface area contributed by atoms with Crippen LogP contribution in [-0.4, -0.2) is 24.1 Å². The van der Waals surface area contributed by atoms with E-state index in [1.807, 2.05) is 24.3 Å². The van der Waals surface area contributed by atoms with E-state index in [1.165, 1.54) is 25.3 Å². The molecule has 0 bridgehead atoms. The van der Waals surface area contributed by atoms with Crippen LogP contribution in [0.4, 0.5) is 5.69 Å². The van der Waals surface area contributed by atoms with Gasteiger partial charge in [0.15, 0.2) is 11.5 Å². The van der Waals surface area contributed by atoms with Crippen LogP contribution in [-0.2, 0) is 0 Å². The van der Waals surface area contributed by atoms with Gasteiger partial charge in [-0.15, -0.1) is 0 Å². The van der Waals surface area contributed by atoms with Gasteiger partial charge in [0.25, 0.3) is 5.91 Å². The molecule has 0 aliphatic heterocycles. The topological polar surface area (TPSA) is 88.8 Å². The van der Waals surface area contributed by atoms with Crippen LogP contribution in [0, 0.1) is 0 Å². The van der Waals surface area contributed by atoms with E-state index in [0.29, 0.717) is 5.76 Å². The largest absolute Gasteiger partial charge is 0.493 e. The number of nitrogens with one attached hydrogen (secondary N) is 1. The number of carboxylic acid groups (broad SMARTS) is 1. The molecule has 0 aliphatic rings. The van der Waals surface area contributed by atoms with E-state index in [9.17, 15) is 9.59 Å². The fourth-order valence-corrected chi connectivity index (χ4v) is 2.99. The fourth-order valence-electron chi connectivity index (χ4n) is 2.43. The Labute approximate surface area is 167 Å². The second kappa shape index (κ2) is 7.85. The number of aromatic carboxylic acids is 1. The highest BCUT2D eigenvalue weighted by Crippen LogP contribution is 2.35. The van der Waals surface area contributed by atoms with Gasteiger partial charge in [0, 0.05) is 10.0 Å². The number of hydrogen-bond acceptors (Lipinski definition) is 4. The highest BCUT2D eigenvalue weighted by atomic mass is 79.9. The molecule has 0 fully saturated rings. The molecule has 1 aromatic heterocycles. The third kappa shape index (κ3) is 4.15. The smallest absolute Gasteiger partial charge is 0.335 e. The van der Waals surface area contributed by atoms with Crippen molar-refractivity contribution in [2.24, 2.45) is 0 Å². The first-order valence-corrected chi connectivity index (χ1v) is 8.84. The van der Waals surface area contributed by atoms with Gasteiger partial charge in [-0.2, -0.15) is 0 Å². The molecule has 0 radical (unpaired) electrons. The number of ether oxygens (including phenoxy) is 1. The molecule has 0 atom stereocenters. The summed E-state index contributed by atoms with van der Waals surface area (Å²) in [7, 11) is 1.37. The molecular formula is C19H13BrClNO5. The zero-order valence-corrected chi connectivity index (χ0v) is 16.3. The van der Waals surface area contributed by atoms with Crippen molar-refractivity contribution < 1.29 is 23.8 Å². The summed E-state index contributed by atoms with van der Waals surface area (Å²) in [5.41, 5.74) is 0.867. The molecular weight excluding hydrogens is 438 g/mol. The van der Waals surface area contributed by atoms with Gasteiger partial charge in [-0.25, -0.2) is 4.79 Å². The van der Waals surface area contributed by atoms with Crippen molar-refractivity contribution in [2.45, 2.75) is 0 Å². The third-order valence-electron chi connectivity index (χ3n) is 3.70. The fraction of sp³-hybridized carbons (Fsp3) is 0.0526. The standard InChI is InChI=1S/C19H13BrClNO5/c1-26-17-13(21)8-11(19(24)25)9-14(17)22-18(23)16-7-6-15(27-16)10-2-4-12(20)5-3-10/h2-9H,1H3,(H,22,23)(H,24,25). The molecule has 6 nitrogen and oxygen atoms in total. The monoisotopic (exact) mass is 449 g/mol. The van der Waals surface area contributed by atoms with Gasteiger partial charge in [0.05, 0.1) is 23.4 Å². The lowest BCUT2D eigenvalue weighted by atomic mass is 10.2. The second-order valence-electron chi connectivity index (χ2n) is 5.47. The van der Waals surface area contributed by atoms with Gasteiger partial charge in [-0.1, -0.05) is 39.7 Å². The third-order valence-corrected chi connectivity index (χ3v) is 4.51. The number of carbonyl (C=O) groups is 2. The molecule has 1 amide bonds. The second-order valence-corrected chi connectivity index (χ2v) is 6.79. The Morgan fingerprint density at radius 3 is 2.48 bits per heavy atom. The molecule has 2 N–H and O–H groups in total. The highest BCUT2D eigenvalue weighted by molar-refractivity contribution is 9.10. The number of halogens is 2. The quantitative estimate of drug-likeness (QED) is 0.549. The summed E-state index contributed by atoms with van der Waals surface area (Å²) in [6.07, 6.45) is 0. The van der Waals surface area contributed by atoms with Crippen molar-refractivity contribution in [3.63, 3.8) is 0 Å². The van der Waals surface area contributed by atoms with E-state index in [0.717, 1.165) is 10.0 Å². The number of furan rings is 1.